The molecule has 1 aromatic carbocycles. The van der Waals surface area contributed by atoms with E-state index < -0.39 is 35.2 Å². The maximum absolute atomic E-state index is 11.0. The van der Waals surface area contributed by atoms with Crippen LogP contribution in [-0.2, 0) is 9.05 Å². The molecule has 10 heteroatoms. The number of nitrogens with zero attached hydrogens (tertiary/aromatic N) is 2. The van der Waals surface area contributed by atoms with E-state index in [-0.39, 0.29) is 0 Å². The molecule has 1 aromatic rings. The minimum Gasteiger partial charge on any atom is -0.258 e. The molecule has 86 valence electrons. The highest BCUT2D eigenvalue weighted by molar-refractivity contribution is 8.13. The fraction of sp³-hybridized carbons (Fsp3) is 0. The van der Waals surface area contributed by atoms with Gasteiger partial charge in [0, 0.05) is 16.7 Å². The Kier molecular flexibility index (Phi) is 3.10. The summed E-state index contributed by atoms with van der Waals surface area (Å²) in [4.78, 5) is 17.9. The van der Waals surface area contributed by atoms with Crippen LogP contribution in [0.15, 0.2) is 23.1 Å². The van der Waals surface area contributed by atoms with Gasteiger partial charge in [-0.05, 0) is 6.07 Å². The van der Waals surface area contributed by atoms with Crippen LogP contribution in [0.3, 0.4) is 0 Å². The lowest BCUT2D eigenvalue weighted by Gasteiger charge is -1.99. The second-order valence-corrected chi connectivity index (χ2v) is 5.11. The fourth-order valence-corrected chi connectivity index (χ4v) is 2.06. The van der Waals surface area contributed by atoms with Gasteiger partial charge in [-0.15, -0.1) is 0 Å². The molecule has 0 saturated heterocycles. The minimum atomic E-state index is -4.41. The Morgan fingerprint density at radius 2 is 1.69 bits per heavy atom. The number of benzene rings is 1. The number of halogens is 1. The zero-order chi connectivity index (χ0) is 12.5. The fourth-order valence-electron chi connectivity index (χ4n) is 1.04. The molecule has 0 spiro atoms. The van der Waals surface area contributed by atoms with E-state index in [0.29, 0.717) is 0 Å². The number of hydrogen-bond donors (Lipinski definition) is 0. The van der Waals surface area contributed by atoms with Gasteiger partial charge in [-0.3, -0.25) is 20.2 Å². The average molecular weight is 267 g/mol. The van der Waals surface area contributed by atoms with E-state index in [1.54, 1.807) is 0 Å². The number of rotatable bonds is 3. The second kappa shape index (κ2) is 4.02. The molecule has 0 unspecified atom stereocenters. The predicted octanol–water partition coefficient (Wildman–Crippen LogP) is 1.43. The van der Waals surface area contributed by atoms with Crippen molar-refractivity contribution < 1.29 is 18.3 Å². The quantitative estimate of drug-likeness (QED) is 0.463. The Morgan fingerprint density at radius 1 is 1.12 bits per heavy atom. The molecule has 0 N–H and O–H groups in total. The minimum absolute atomic E-state index is 0.823. The van der Waals surface area contributed by atoms with Crippen LogP contribution in [0, 0.1) is 20.2 Å². The number of nitro benzene ring substituents is 2. The van der Waals surface area contributed by atoms with E-state index in [0.717, 1.165) is 18.2 Å². The van der Waals surface area contributed by atoms with Crippen molar-refractivity contribution in [3.05, 3.63) is 38.4 Å². The van der Waals surface area contributed by atoms with E-state index in [9.17, 15) is 28.6 Å². The summed E-state index contributed by atoms with van der Waals surface area (Å²) >= 11 is 0. The molecular weight excluding hydrogens is 264 g/mol. The number of nitro groups is 2. The summed E-state index contributed by atoms with van der Waals surface area (Å²) in [7, 11) is 0.521. The van der Waals surface area contributed by atoms with Gasteiger partial charge in [-0.1, -0.05) is 6.07 Å². The van der Waals surface area contributed by atoms with Crippen molar-refractivity contribution in [2.75, 3.05) is 0 Å². The summed E-state index contributed by atoms with van der Waals surface area (Å²) < 4.78 is 21.9. The third kappa shape index (κ3) is 2.25. The molecule has 1 rings (SSSR count). The van der Waals surface area contributed by atoms with Gasteiger partial charge in [-0.25, -0.2) is 8.42 Å². The molecule has 0 radical (unpaired) electrons. The first-order chi connectivity index (χ1) is 7.25. The molecule has 0 aliphatic heterocycles. The molecule has 0 amide bonds. The van der Waals surface area contributed by atoms with Gasteiger partial charge < -0.3 is 0 Å². The molecular formula is C6H3ClN2O6S. The molecule has 0 bridgehead atoms. The lowest BCUT2D eigenvalue weighted by molar-refractivity contribution is -0.424. The highest BCUT2D eigenvalue weighted by Crippen LogP contribution is 2.34. The molecule has 0 saturated carbocycles. The Bertz CT molecular complexity index is 568. The van der Waals surface area contributed by atoms with E-state index in [1.165, 1.54) is 0 Å². The summed E-state index contributed by atoms with van der Waals surface area (Å²) in [6, 6.07) is 2.65. The molecule has 16 heavy (non-hydrogen) atoms. The lowest BCUT2D eigenvalue weighted by atomic mass is 10.3. The van der Waals surface area contributed by atoms with Crippen molar-refractivity contribution in [2.24, 2.45) is 0 Å². The summed E-state index contributed by atoms with van der Waals surface area (Å²) in [6.07, 6.45) is 0. The van der Waals surface area contributed by atoms with E-state index in [1.807, 2.05) is 0 Å². The van der Waals surface area contributed by atoms with Crippen LogP contribution in [0.1, 0.15) is 0 Å². The van der Waals surface area contributed by atoms with Gasteiger partial charge in [-0.2, -0.15) is 0 Å². The monoisotopic (exact) mass is 266 g/mol. The largest absolute Gasteiger partial charge is 0.365 e. The predicted molar refractivity (Wildman–Crippen MR) is 52.8 cm³/mol. The topological polar surface area (TPSA) is 120 Å². The van der Waals surface area contributed by atoms with Crippen molar-refractivity contribution in [2.45, 2.75) is 4.90 Å². The summed E-state index contributed by atoms with van der Waals surface area (Å²) in [5.41, 5.74) is -2.06. The van der Waals surface area contributed by atoms with Gasteiger partial charge in [0.05, 0.1) is 9.85 Å². The van der Waals surface area contributed by atoms with Crippen molar-refractivity contribution in [3.8, 4) is 0 Å². The standard InChI is InChI=1S/C6H3ClN2O6S/c7-16(14,15)5-3-1-2-4(8(10)11)6(5)9(12)13/h1-3H. The van der Waals surface area contributed by atoms with Crippen LogP contribution >= 0.6 is 10.7 Å². The summed E-state index contributed by atoms with van der Waals surface area (Å²) in [5, 5.41) is 21.0. The van der Waals surface area contributed by atoms with E-state index in [4.69, 9.17) is 10.7 Å². The van der Waals surface area contributed by atoms with Gasteiger partial charge in [0.1, 0.15) is 0 Å². The molecule has 0 heterocycles. The van der Waals surface area contributed by atoms with Crippen LogP contribution < -0.4 is 0 Å². The lowest BCUT2D eigenvalue weighted by Crippen LogP contribution is -2.02. The average Bonchev–Trinajstić information content (AvgIpc) is 2.14. The maximum Gasteiger partial charge on any atom is 0.365 e. The van der Waals surface area contributed by atoms with Crippen molar-refractivity contribution in [1.29, 1.82) is 0 Å². The number of para-hydroxylation sites is 1. The van der Waals surface area contributed by atoms with Crippen molar-refractivity contribution >= 4 is 31.1 Å². The van der Waals surface area contributed by atoms with E-state index >= 15 is 0 Å². The van der Waals surface area contributed by atoms with Crippen LogP contribution in [0.2, 0.25) is 0 Å². The first-order valence-electron chi connectivity index (χ1n) is 3.61. The highest BCUT2D eigenvalue weighted by Gasteiger charge is 2.33. The molecule has 0 aliphatic carbocycles. The Hall–Kier alpha value is -1.74. The zero-order valence-electron chi connectivity index (χ0n) is 7.36. The van der Waals surface area contributed by atoms with E-state index in [2.05, 4.69) is 0 Å². The summed E-state index contributed by atoms with van der Waals surface area (Å²) in [5.74, 6) is 0. The SMILES string of the molecule is O=[N+]([O-])c1cccc(S(=O)(=O)Cl)c1[N+](=O)[O-]. The Labute approximate surface area is 93.2 Å². The van der Waals surface area contributed by atoms with Crippen molar-refractivity contribution in [3.63, 3.8) is 0 Å². The van der Waals surface area contributed by atoms with Gasteiger partial charge in [0.25, 0.3) is 9.05 Å². The first kappa shape index (κ1) is 12.3. The van der Waals surface area contributed by atoms with Crippen LogP contribution in [0.4, 0.5) is 11.4 Å². The molecule has 0 fully saturated rings. The number of hydrogen-bond acceptors (Lipinski definition) is 6. The Morgan fingerprint density at radius 3 is 2.06 bits per heavy atom. The molecule has 0 aromatic heterocycles. The first-order valence-corrected chi connectivity index (χ1v) is 5.92. The molecule has 8 nitrogen and oxygen atoms in total. The van der Waals surface area contributed by atoms with Crippen LogP contribution in [0.5, 0.6) is 0 Å². The van der Waals surface area contributed by atoms with Crippen LogP contribution in [0.25, 0.3) is 0 Å². The zero-order valence-corrected chi connectivity index (χ0v) is 8.93. The van der Waals surface area contributed by atoms with Crippen molar-refractivity contribution in [1.82, 2.24) is 0 Å². The molecule has 0 atom stereocenters. The molecule has 0 aliphatic rings. The van der Waals surface area contributed by atoms with Crippen LogP contribution in [-0.4, -0.2) is 18.3 Å². The smallest absolute Gasteiger partial charge is 0.258 e. The third-order valence-corrected chi connectivity index (χ3v) is 2.97. The third-order valence-electron chi connectivity index (χ3n) is 1.62. The highest BCUT2D eigenvalue weighted by atomic mass is 35.7. The second-order valence-electron chi connectivity index (χ2n) is 2.58. The van der Waals surface area contributed by atoms with Gasteiger partial charge in [0.15, 0.2) is 4.90 Å². The van der Waals surface area contributed by atoms with Gasteiger partial charge >= 0.3 is 11.4 Å². The maximum atomic E-state index is 11.0. The normalized spacial score (nSPS) is 11.1. The summed E-state index contributed by atoms with van der Waals surface area (Å²) in [6.45, 7) is 0. The van der Waals surface area contributed by atoms with Gasteiger partial charge in [0.2, 0.25) is 0 Å². The Balaban J connectivity index is 3.72.